The lowest BCUT2D eigenvalue weighted by Gasteiger charge is -2.35. The number of hydrogen-bond acceptors (Lipinski definition) is 8. The predicted octanol–water partition coefficient (Wildman–Crippen LogP) is 1.93. The molecule has 28 heavy (non-hydrogen) atoms. The van der Waals surface area contributed by atoms with Crippen molar-refractivity contribution in [2.75, 3.05) is 24.6 Å². The zero-order valence-electron chi connectivity index (χ0n) is 15.5. The number of nitrogens with one attached hydrogen (secondary N) is 1. The van der Waals surface area contributed by atoms with Crippen molar-refractivity contribution in [3.05, 3.63) is 38.4 Å². The van der Waals surface area contributed by atoms with Gasteiger partial charge in [-0.15, -0.1) is 0 Å². The van der Waals surface area contributed by atoms with E-state index in [9.17, 15) is 29.8 Å². The smallest absolute Gasteiger partial charge is 0.308 e. The number of anilines is 1. The number of nitro benzene ring substituents is 2. The van der Waals surface area contributed by atoms with Gasteiger partial charge in [0.25, 0.3) is 11.4 Å². The predicted molar refractivity (Wildman–Crippen MR) is 99.0 cm³/mol. The molecule has 0 spiro atoms. The van der Waals surface area contributed by atoms with Gasteiger partial charge in [0.2, 0.25) is 5.91 Å². The van der Waals surface area contributed by atoms with Gasteiger partial charge in [-0.05, 0) is 12.5 Å². The molecular weight excluding hydrogens is 372 g/mol. The van der Waals surface area contributed by atoms with Crippen LogP contribution in [0.2, 0.25) is 0 Å². The van der Waals surface area contributed by atoms with Crippen LogP contribution in [0.4, 0.5) is 17.1 Å². The Morgan fingerprint density at radius 3 is 2.68 bits per heavy atom. The second kappa shape index (κ2) is 9.62. The molecule has 0 bridgehead atoms. The number of non-ortho nitro benzene ring substituents is 1. The average molecular weight is 394 g/mol. The Morgan fingerprint density at radius 1 is 1.29 bits per heavy atom. The van der Waals surface area contributed by atoms with Crippen molar-refractivity contribution in [1.82, 2.24) is 5.32 Å². The number of piperazine rings is 1. The van der Waals surface area contributed by atoms with Crippen LogP contribution in [-0.2, 0) is 14.3 Å². The number of nitrogens with zero attached hydrogens (tertiary/aromatic N) is 3. The van der Waals surface area contributed by atoms with Gasteiger partial charge in [-0.3, -0.25) is 29.8 Å². The molecule has 152 valence electrons. The van der Waals surface area contributed by atoms with Gasteiger partial charge in [0.15, 0.2) is 0 Å². The summed E-state index contributed by atoms with van der Waals surface area (Å²) >= 11 is 0. The summed E-state index contributed by atoms with van der Waals surface area (Å²) in [5.41, 5.74) is -0.872. The van der Waals surface area contributed by atoms with Gasteiger partial charge in [-0.1, -0.05) is 19.8 Å². The lowest BCUT2D eigenvalue weighted by molar-refractivity contribution is -0.393. The van der Waals surface area contributed by atoms with Crippen molar-refractivity contribution in [1.29, 1.82) is 0 Å². The number of nitro groups is 2. The van der Waals surface area contributed by atoms with Crippen molar-refractivity contribution in [2.45, 2.75) is 38.6 Å². The Morgan fingerprint density at radius 2 is 2.04 bits per heavy atom. The maximum atomic E-state index is 12.3. The third-order valence-electron chi connectivity index (χ3n) is 4.38. The summed E-state index contributed by atoms with van der Waals surface area (Å²) in [7, 11) is 0. The highest BCUT2D eigenvalue weighted by atomic mass is 16.6. The van der Waals surface area contributed by atoms with Crippen molar-refractivity contribution >= 4 is 28.9 Å². The molecule has 2 rings (SSSR count). The second-order valence-corrected chi connectivity index (χ2v) is 6.32. The minimum absolute atomic E-state index is 0.0502. The molecule has 1 aliphatic heterocycles. The largest absolute Gasteiger partial charge is 0.466 e. The van der Waals surface area contributed by atoms with E-state index in [-0.39, 0.29) is 31.8 Å². The summed E-state index contributed by atoms with van der Waals surface area (Å²) in [5.74, 6) is -1.03. The Bertz CT molecular complexity index is 768. The summed E-state index contributed by atoms with van der Waals surface area (Å²) in [6, 6.07) is 2.22. The van der Waals surface area contributed by atoms with Gasteiger partial charge >= 0.3 is 5.97 Å². The van der Waals surface area contributed by atoms with E-state index in [0.29, 0.717) is 0 Å². The number of carbonyl (C=O) groups excluding carboxylic acids is 2. The Hall–Kier alpha value is -3.24. The maximum absolute atomic E-state index is 12.3. The number of hydrogen-bond donors (Lipinski definition) is 1. The molecule has 11 nitrogen and oxygen atoms in total. The number of amides is 1. The van der Waals surface area contributed by atoms with Crippen LogP contribution >= 0.6 is 0 Å². The molecule has 1 fully saturated rings. The van der Waals surface area contributed by atoms with Crippen molar-refractivity contribution in [3.8, 4) is 0 Å². The van der Waals surface area contributed by atoms with Crippen LogP contribution in [0.15, 0.2) is 18.2 Å². The SMILES string of the molecule is CCCCCOC(=O)CC1C(=O)NCCN1c1ccc([N+](=O)[O-])cc1[N+](=O)[O-]. The van der Waals surface area contributed by atoms with Gasteiger partial charge in [0.1, 0.15) is 11.7 Å². The number of unbranched alkanes of at least 4 members (excludes halogenated alkanes) is 2. The van der Waals surface area contributed by atoms with Gasteiger partial charge in [-0.2, -0.15) is 0 Å². The summed E-state index contributed by atoms with van der Waals surface area (Å²) in [4.78, 5) is 46.7. The maximum Gasteiger partial charge on any atom is 0.308 e. The fraction of sp³-hybridized carbons (Fsp3) is 0.529. The van der Waals surface area contributed by atoms with E-state index in [1.54, 1.807) is 0 Å². The van der Waals surface area contributed by atoms with Gasteiger partial charge in [-0.25, -0.2) is 0 Å². The number of ether oxygens (including phenoxy) is 1. The Labute approximate surface area is 160 Å². The standard InChI is InChI=1S/C17H22N4O7/c1-2-3-4-9-28-16(22)11-15-17(23)18-7-8-19(15)13-6-5-12(20(24)25)10-14(13)21(26)27/h5-6,10,15H,2-4,7-9,11H2,1H3,(H,18,23). The van der Waals surface area contributed by atoms with Gasteiger partial charge in [0, 0.05) is 19.2 Å². The van der Waals surface area contributed by atoms with Crippen LogP contribution in [-0.4, -0.2) is 47.5 Å². The molecule has 0 aromatic heterocycles. The highest BCUT2D eigenvalue weighted by Gasteiger charge is 2.36. The molecule has 0 radical (unpaired) electrons. The van der Waals surface area contributed by atoms with Gasteiger partial charge < -0.3 is 15.0 Å². The van der Waals surface area contributed by atoms with E-state index in [1.165, 1.54) is 11.0 Å². The zero-order valence-corrected chi connectivity index (χ0v) is 15.5. The van der Waals surface area contributed by atoms with Crippen LogP contribution in [0.1, 0.15) is 32.6 Å². The highest BCUT2D eigenvalue weighted by molar-refractivity contribution is 5.91. The molecule has 1 N–H and O–H groups in total. The molecule has 1 amide bonds. The third-order valence-corrected chi connectivity index (χ3v) is 4.38. The van der Waals surface area contributed by atoms with E-state index in [0.717, 1.165) is 31.4 Å². The highest BCUT2D eigenvalue weighted by Crippen LogP contribution is 2.34. The fourth-order valence-corrected chi connectivity index (χ4v) is 2.98. The van der Waals surface area contributed by atoms with E-state index in [1.807, 2.05) is 6.92 Å². The first kappa shape index (κ1) is 21.1. The third kappa shape index (κ3) is 5.15. The molecule has 1 heterocycles. The van der Waals surface area contributed by atoms with Crippen LogP contribution in [0.5, 0.6) is 0 Å². The lowest BCUT2D eigenvalue weighted by atomic mass is 10.1. The van der Waals surface area contributed by atoms with Crippen LogP contribution in [0.3, 0.4) is 0 Å². The number of rotatable bonds is 9. The van der Waals surface area contributed by atoms with E-state index in [4.69, 9.17) is 4.74 Å². The van der Waals surface area contributed by atoms with Crippen molar-refractivity contribution in [2.24, 2.45) is 0 Å². The van der Waals surface area contributed by atoms with Crippen molar-refractivity contribution < 1.29 is 24.2 Å². The quantitative estimate of drug-likeness (QED) is 0.289. The summed E-state index contributed by atoms with van der Waals surface area (Å²) < 4.78 is 5.14. The first-order valence-corrected chi connectivity index (χ1v) is 8.98. The summed E-state index contributed by atoms with van der Waals surface area (Å²) in [6.45, 7) is 2.72. The zero-order chi connectivity index (χ0) is 20.7. The molecule has 1 atom stereocenters. The van der Waals surface area contributed by atoms with Gasteiger partial charge in [0.05, 0.1) is 28.9 Å². The Balaban J connectivity index is 2.24. The molecule has 1 aromatic rings. The van der Waals surface area contributed by atoms with Crippen molar-refractivity contribution in [3.63, 3.8) is 0 Å². The number of esters is 1. The topological polar surface area (TPSA) is 145 Å². The van der Waals surface area contributed by atoms with E-state index in [2.05, 4.69) is 5.32 Å². The minimum Gasteiger partial charge on any atom is -0.466 e. The van der Waals surface area contributed by atoms with E-state index >= 15 is 0 Å². The molecule has 0 saturated carbocycles. The Kier molecular flexibility index (Phi) is 7.24. The average Bonchev–Trinajstić information content (AvgIpc) is 2.66. The molecule has 1 unspecified atom stereocenters. The minimum atomic E-state index is -0.993. The monoisotopic (exact) mass is 394 g/mol. The first-order valence-electron chi connectivity index (χ1n) is 8.98. The molecular formula is C17H22N4O7. The van der Waals surface area contributed by atoms with Crippen LogP contribution < -0.4 is 10.2 Å². The molecule has 11 heteroatoms. The molecule has 1 saturated heterocycles. The summed E-state index contributed by atoms with van der Waals surface area (Å²) in [6.07, 6.45) is 2.33. The molecule has 0 aliphatic carbocycles. The number of benzene rings is 1. The van der Waals surface area contributed by atoms with Crippen LogP contribution in [0.25, 0.3) is 0 Å². The molecule has 1 aliphatic rings. The molecule has 1 aromatic carbocycles. The summed E-state index contributed by atoms with van der Waals surface area (Å²) in [5, 5.41) is 25.0. The lowest BCUT2D eigenvalue weighted by Crippen LogP contribution is -2.56. The normalized spacial score (nSPS) is 16.4. The fourth-order valence-electron chi connectivity index (χ4n) is 2.98. The number of carbonyl (C=O) groups is 2. The van der Waals surface area contributed by atoms with E-state index < -0.39 is 39.1 Å². The first-order chi connectivity index (χ1) is 13.3. The van der Waals surface area contributed by atoms with Crippen LogP contribution in [0, 0.1) is 20.2 Å². The second-order valence-electron chi connectivity index (χ2n) is 6.32.